The number of halogens is 1. The summed E-state index contributed by atoms with van der Waals surface area (Å²) in [5.74, 6) is 7.73. The molecule has 5 heterocycles. The minimum absolute atomic E-state index is 0. The zero-order chi connectivity index (χ0) is 104. The molecule has 14 aromatic carbocycles. The van der Waals surface area contributed by atoms with Crippen molar-refractivity contribution in [3.63, 3.8) is 0 Å². The van der Waals surface area contributed by atoms with E-state index in [-0.39, 0.29) is 70.2 Å². The Bertz CT molecular complexity index is 6850. The van der Waals surface area contributed by atoms with Gasteiger partial charge in [0.15, 0.2) is 0 Å². The van der Waals surface area contributed by atoms with Crippen LogP contribution in [-0.2, 0) is 63.7 Å². The van der Waals surface area contributed by atoms with Crippen LogP contribution in [0.5, 0.6) is 0 Å². The van der Waals surface area contributed by atoms with Crippen molar-refractivity contribution in [3.05, 3.63) is 442 Å². The molecule has 17 nitrogen and oxygen atoms in total. The first kappa shape index (κ1) is 114. The van der Waals surface area contributed by atoms with E-state index in [2.05, 4.69) is 330 Å². The number of rotatable bonds is 10. The number of benzene rings is 14. The van der Waals surface area contributed by atoms with E-state index in [9.17, 15) is 28.8 Å². The number of aliphatic imine (C=N–C) groups is 4. The van der Waals surface area contributed by atoms with E-state index in [0.29, 0.717) is 0 Å². The van der Waals surface area contributed by atoms with Crippen molar-refractivity contribution in [1.82, 2.24) is 0 Å². The summed E-state index contributed by atoms with van der Waals surface area (Å²) in [6, 6.07) is 128. The Labute approximate surface area is 893 Å². The normalized spacial score (nSPS) is 12.9. The molecule has 0 bridgehead atoms. The Balaban J connectivity index is 0.000000174. The Morgan fingerprint density at radius 1 is 0.395 bits per heavy atom. The Morgan fingerprint density at radius 2 is 0.667 bits per heavy atom. The summed E-state index contributed by atoms with van der Waals surface area (Å²) in [6.45, 7) is 22.3. The molecule has 0 aromatic heterocycles. The standard InChI is InChI=1S/C21H22N2OSi.C20H20N2OSi.C18H14N2O.2C18H15P.C15H11BrN2O.C5H8Si.C4H6O4.C4H8O.Pd/c1-23-19-11-10-16(12-13-25(2,3)4)14-18(19)21(22-15-20(23)24)17-8-6-5-7-9-17;1-24(2,3)12-11-15-9-10-18-17(13-15)20(21-14-19(23)22-18)16-7-5-4-6-8-16;1-3-13-9-10-16-15(11-13)18(14-7-5-4-6-8-14)19-12-17(21)20(16)2;2*1-4-10-16(11-5-1)19(17-12-6-2-7-13-17)18-14-8-3-9-15-18;16-11-6-7-13-12(8-11)15(17-9-14(19)18-13)10-4-2-1-3-5-10;1-4-6(3)5-2;1-3(5)7-8-4(2)6;1-2-4-5-3-1;/h5-11,14H,15H2,1-4H3;4-10,13H,14H2,1-3H3,(H,22,23);1,4-11H,12H2,2H3;2*1-15H;1-8H,9H2,(H,18,19);1,5H,2-3H3;1-2H3;1-4H2;/b;;;;;;6-5+;;;. The van der Waals surface area contributed by atoms with Crippen molar-refractivity contribution in [2.45, 2.75) is 79.4 Å². The number of terminal acetylenes is 2. The summed E-state index contributed by atoms with van der Waals surface area (Å²) in [5, 5.41) is 14.2. The number of nitrogens with one attached hydrogen (secondary N) is 2. The number of hydrogen-bond donors (Lipinski definition) is 2. The smallest absolute Gasteiger partial charge is 0.352 e. The van der Waals surface area contributed by atoms with Crippen LogP contribution >= 0.6 is 31.8 Å². The third-order valence-corrected chi connectivity index (χ3v) is 30.4. The van der Waals surface area contributed by atoms with E-state index in [1.165, 1.54) is 44.7 Å². The molecule has 147 heavy (non-hydrogen) atoms. The first-order valence-corrected chi connectivity index (χ1v) is 60.3. The van der Waals surface area contributed by atoms with E-state index in [4.69, 9.17) is 17.6 Å². The Kier molecular flexibility index (Phi) is 45.9. The second-order valence-electron chi connectivity index (χ2n) is 35.5. The molecule has 19 rings (SSSR count). The van der Waals surface area contributed by atoms with Gasteiger partial charge in [0.05, 0.1) is 54.0 Å². The van der Waals surface area contributed by atoms with E-state index in [1.54, 1.807) is 23.9 Å². The molecule has 744 valence electrons. The van der Waals surface area contributed by atoms with Crippen LogP contribution in [0.1, 0.15) is 94.8 Å². The van der Waals surface area contributed by atoms with E-state index >= 15 is 0 Å². The van der Waals surface area contributed by atoms with Gasteiger partial charge in [-0.15, -0.1) is 29.5 Å². The monoisotopic (exact) mass is 2180 g/mol. The van der Waals surface area contributed by atoms with Crippen LogP contribution in [-0.4, -0.2) is 142 Å². The van der Waals surface area contributed by atoms with Gasteiger partial charge in [-0.1, -0.05) is 389 Å². The largest absolute Gasteiger partial charge is 0.381 e. The van der Waals surface area contributed by atoms with E-state index < -0.39 is 52.3 Å². The molecule has 24 heteroatoms. The summed E-state index contributed by atoms with van der Waals surface area (Å²) in [7, 11) is -0.675. The molecule has 2 N–H and O–H groups in total. The summed E-state index contributed by atoms with van der Waals surface area (Å²) in [5.41, 5.74) is 28.6. The fraction of sp³-hybridized carbons (Fsp3) is 0.163. The van der Waals surface area contributed by atoms with Crippen LogP contribution in [0.25, 0.3) is 0 Å². The molecule has 0 saturated carbocycles. The van der Waals surface area contributed by atoms with Crippen molar-refractivity contribution in [2.75, 3.05) is 73.9 Å². The van der Waals surface area contributed by atoms with Gasteiger partial charge >= 0.3 is 11.9 Å². The van der Waals surface area contributed by atoms with Crippen LogP contribution < -0.4 is 52.3 Å². The number of likely N-dealkylation sites (N-methyl/N-ethyl adjacent to an activating group) is 2. The van der Waals surface area contributed by atoms with Gasteiger partial charge in [0.25, 0.3) is 0 Å². The Hall–Kier alpha value is -14.7. The fourth-order valence-electron chi connectivity index (χ4n) is 14.7. The van der Waals surface area contributed by atoms with E-state index in [0.717, 1.165) is 138 Å². The summed E-state index contributed by atoms with van der Waals surface area (Å²) >= 11 is 3.46. The van der Waals surface area contributed by atoms with Gasteiger partial charge in [0, 0.05) is 127 Å². The number of carbonyl (C=O) groups excluding carboxylic acids is 6. The molecule has 0 atom stereocenters. The molecule has 1 fully saturated rings. The number of fused-ring (bicyclic) bond motifs is 4. The van der Waals surface area contributed by atoms with Crippen molar-refractivity contribution in [3.8, 4) is 47.2 Å². The zero-order valence-electron chi connectivity index (χ0n) is 84.6. The molecule has 0 radical (unpaired) electrons. The van der Waals surface area contributed by atoms with Crippen molar-refractivity contribution in [2.24, 2.45) is 20.0 Å². The first-order valence-electron chi connectivity index (χ1n) is 47.8. The molecular weight excluding hydrogens is 2070 g/mol. The van der Waals surface area contributed by atoms with Gasteiger partial charge in [-0.05, 0) is 140 Å². The quantitative estimate of drug-likeness (QED) is 0.0438. The second kappa shape index (κ2) is 59.1. The number of ether oxygens (including phenoxy) is 1. The molecule has 5 aliphatic heterocycles. The molecule has 4 amide bonds. The average molecular weight is 2190 g/mol. The molecule has 0 aliphatic carbocycles. The summed E-state index contributed by atoms with van der Waals surface area (Å²) in [4.78, 5) is 96.7. The van der Waals surface area contributed by atoms with Gasteiger partial charge in [0.1, 0.15) is 42.3 Å². The molecule has 1 saturated heterocycles. The number of amides is 4. The topological polar surface area (TPSA) is 210 Å². The molecular formula is C123H119BrN8O9P2PdSi3. The summed E-state index contributed by atoms with van der Waals surface area (Å²) < 4.78 is 5.91. The predicted octanol–water partition coefficient (Wildman–Crippen LogP) is 21.6. The maximum absolute atomic E-state index is 12.3. The van der Waals surface area contributed by atoms with Gasteiger partial charge in [0.2, 0.25) is 23.6 Å². The van der Waals surface area contributed by atoms with Crippen LogP contribution in [0.4, 0.5) is 22.7 Å². The number of benzodiazepines with no additional fused rings is 4. The van der Waals surface area contributed by atoms with Gasteiger partial charge < -0.3 is 25.2 Å². The van der Waals surface area contributed by atoms with Crippen LogP contribution in [0.15, 0.2) is 401 Å². The second-order valence-corrected chi connectivity index (χ2v) is 52.5. The van der Waals surface area contributed by atoms with Crippen LogP contribution in [0, 0.1) is 47.2 Å². The third-order valence-electron chi connectivity index (χ3n) is 21.9. The van der Waals surface area contributed by atoms with Crippen molar-refractivity contribution < 1.29 is 63.7 Å². The van der Waals surface area contributed by atoms with Crippen molar-refractivity contribution >= 4 is 175 Å². The van der Waals surface area contributed by atoms with Crippen LogP contribution in [0.3, 0.4) is 0 Å². The van der Waals surface area contributed by atoms with Gasteiger partial charge in [-0.25, -0.2) is 19.4 Å². The van der Waals surface area contributed by atoms with Crippen LogP contribution in [0.2, 0.25) is 45.8 Å². The predicted molar refractivity (Wildman–Crippen MR) is 620 cm³/mol. The minimum atomic E-state index is -1.45. The first-order chi connectivity index (χ1) is 70.5. The zero-order valence-corrected chi connectivity index (χ0v) is 92.6. The molecule has 5 aliphatic rings. The van der Waals surface area contributed by atoms with Crippen molar-refractivity contribution in [1.29, 1.82) is 0 Å². The fourth-order valence-corrected chi connectivity index (χ4v) is 20.9. The number of hydrogen-bond acceptors (Lipinski definition) is 13. The summed E-state index contributed by atoms with van der Waals surface area (Å²) in [6.07, 6.45) is 13.1. The molecule has 14 aromatic rings. The Morgan fingerprint density at radius 3 is 0.946 bits per heavy atom. The minimum Gasteiger partial charge on any atom is -0.381 e. The van der Waals surface area contributed by atoms with E-state index in [1.807, 2.05) is 195 Å². The SMILES string of the molecule is C#C/[Si](C)=C/C.C#Cc1ccc2c(c1)C(c1ccccc1)=NCC(=O)N2C.C1CCOC1.CC(=O)OOC(C)=O.CN1C(=O)CN=C(c2ccccc2)c2cc(C#C[Si](C)(C)C)ccc21.C[Si](C)(C)C#Cc1ccc2c(c1)C(c1ccccc1)=NCC(=O)N2.O=C1CN=C(c2ccccc2)c2cc(Br)ccc2N1.[Pd].c1ccc(P(c2ccccc2)c2ccccc2)cc1.c1ccc(P(c2ccccc2)c2ccccc2)cc1. The maximum Gasteiger partial charge on any atom is 0.352 e. The average Bonchev–Trinajstić information content (AvgIpc) is 1.78. The molecule has 0 spiro atoms. The van der Waals surface area contributed by atoms with Gasteiger partial charge in [-0.3, -0.25) is 39.1 Å². The van der Waals surface area contributed by atoms with Gasteiger partial charge in [-0.2, -0.15) is 0 Å². The third kappa shape index (κ3) is 36.5. The number of nitrogens with zero attached hydrogens (tertiary/aromatic N) is 6. The number of carbonyl (C=O) groups is 6. The molecule has 0 unspecified atom stereocenters. The number of anilines is 4. The maximum atomic E-state index is 12.3.